The van der Waals surface area contributed by atoms with Gasteiger partial charge in [-0.2, -0.15) is 0 Å². The number of benzene rings is 2. The first-order valence-corrected chi connectivity index (χ1v) is 7.84. The first-order chi connectivity index (χ1) is 10.6. The van der Waals surface area contributed by atoms with Crippen LogP contribution in [0.4, 0.5) is 0 Å². The van der Waals surface area contributed by atoms with Crippen LogP contribution < -0.4 is 0 Å². The van der Waals surface area contributed by atoms with Crippen molar-refractivity contribution in [2.24, 2.45) is 5.16 Å². The second-order valence-corrected chi connectivity index (χ2v) is 5.36. The number of Topliss-reactive ketones (excluding diaryl/α,β-unsaturated/α-hetero) is 1. The highest BCUT2D eigenvalue weighted by atomic mass is 32.2. The van der Waals surface area contributed by atoms with Crippen molar-refractivity contribution in [2.75, 3.05) is 6.26 Å². The molecule has 0 amide bonds. The van der Waals surface area contributed by atoms with E-state index in [1.807, 2.05) is 18.4 Å². The van der Waals surface area contributed by atoms with Crippen molar-refractivity contribution < 1.29 is 14.4 Å². The number of rotatable bonds is 5. The van der Waals surface area contributed by atoms with E-state index in [-0.39, 0.29) is 11.5 Å². The maximum atomic E-state index is 12.2. The number of oxime groups is 1. The zero-order chi connectivity index (χ0) is 15.9. The zero-order valence-corrected chi connectivity index (χ0v) is 13.1. The molecule has 0 heterocycles. The van der Waals surface area contributed by atoms with E-state index in [1.165, 1.54) is 6.92 Å². The highest BCUT2D eigenvalue weighted by Gasteiger charge is 2.12. The molecule has 2 rings (SSSR count). The van der Waals surface area contributed by atoms with Gasteiger partial charge in [0.1, 0.15) is 5.71 Å². The fraction of sp³-hybridized carbons (Fsp3) is 0.118. The molecule has 112 valence electrons. The van der Waals surface area contributed by atoms with E-state index in [2.05, 4.69) is 5.16 Å². The lowest BCUT2D eigenvalue weighted by Gasteiger charge is -2.02. The average Bonchev–Trinajstić information content (AvgIpc) is 2.59. The number of thioether (sulfide) groups is 1. The Morgan fingerprint density at radius 1 is 0.955 bits per heavy atom. The van der Waals surface area contributed by atoms with E-state index in [9.17, 15) is 9.59 Å². The van der Waals surface area contributed by atoms with Gasteiger partial charge in [0.05, 0.1) is 5.56 Å². The van der Waals surface area contributed by atoms with Gasteiger partial charge in [0.25, 0.3) is 0 Å². The zero-order valence-electron chi connectivity index (χ0n) is 12.3. The summed E-state index contributed by atoms with van der Waals surface area (Å²) in [5.41, 5.74) is 1.02. The predicted octanol–water partition coefficient (Wildman–Crippen LogP) is 3.82. The predicted molar refractivity (Wildman–Crippen MR) is 87.5 cm³/mol. The minimum absolute atomic E-state index is 0.126. The quantitative estimate of drug-likeness (QED) is 0.277. The van der Waals surface area contributed by atoms with Crippen molar-refractivity contribution in [1.29, 1.82) is 0 Å². The van der Waals surface area contributed by atoms with Crippen molar-refractivity contribution in [3.63, 3.8) is 0 Å². The van der Waals surface area contributed by atoms with Crippen molar-refractivity contribution in [2.45, 2.75) is 11.8 Å². The molecule has 4 nitrogen and oxygen atoms in total. The van der Waals surface area contributed by atoms with Gasteiger partial charge in [-0.1, -0.05) is 23.4 Å². The van der Waals surface area contributed by atoms with E-state index in [4.69, 9.17) is 4.84 Å². The van der Waals surface area contributed by atoms with Crippen molar-refractivity contribution in [1.82, 2.24) is 0 Å². The van der Waals surface area contributed by atoms with Gasteiger partial charge in [-0.15, -0.1) is 11.8 Å². The molecular formula is C17H15NO3S. The SMILES string of the molecule is CSc1ccc(C(=O)C(C)=NOC(=O)c2ccccc2)cc1. The van der Waals surface area contributed by atoms with Gasteiger partial charge in [-0.3, -0.25) is 4.79 Å². The van der Waals surface area contributed by atoms with Crippen LogP contribution in [0, 0.1) is 0 Å². The molecule has 22 heavy (non-hydrogen) atoms. The largest absolute Gasteiger partial charge is 0.365 e. The number of carbonyl (C=O) groups excluding carboxylic acids is 2. The Hall–Kier alpha value is -2.40. The molecule has 0 saturated carbocycles. The number of carbonyl (C=O) groups is 2. The number of ketones is 1. The summed E-state index contributed by atoms with van der Waals surface area (Å²) in [6.07, 6.45) is 1.96. The summed E-state index contributed by atoms with van der Waals surface area (Å²) < 4.78 is 0. The highest BCUT2D eigenvalue weighted by Crippen LogP contribution is 2.15. The van der Waals surface area contributed by atoms with Gasteiger partial charge in [0, 0.05) is 10.5 Å². The van der Waals surface area contributed by atoms with Crippen LogP contribution >= 0.6 is 11.8 Å². The van der Waals surface area contributed by atoms with E-state index in [0.29, 0.717) is 11.1 Å². The van der Waals surface area contributed by atoms with Gasteiger partial charge in [-0.05, 0) is 49.6 Å². The van der Waals surface area contributed by atoms with Crippen molar-refractivity contribution in [3.8, 4) is 0 Å². The normalized spacial score (nSPS) is 11.1. The topological polar surface area (TPSA) is 55.7 Å². The Kier molecular flexibility index (Phi) is 5.49. The molecule has 0 unspecified atom stereocenters. The molecule has 2 aromatic carbocycles. The second-order valence-electron chi connectivity index (χ2n) is 4.48. The van der Waals surface area contributed by atoms with Crippen LogP contribution in [-0.4, -0.2) is 23.7 Å². The maximum Gasteiger partial charge on any atom is 0.365 e. The number of hydrogen-bond donors (Lipinski definition) is 0. The fourth-order valence-corrected chi connectivity index (χ4v) is 2.14. The van der Waals surface area contributed by atoms with Gasteiger partial charge in [-0.25, -0.2) is 4.79 Å². The molecule has 2 aromatic rings. The van der Waals surface area contributed by atoms with Crippen molar-refractivity contribution in [3.05, 3.63) is 65.7 Å². The first-order valence-electron chi connectivity index (χ1n) is 6.61. The van der Waals surface area contributed by atoms with E-state index in [0.717, 1.165) is 4.90 Å². The fourth-order valence-electron chi connectivity index (χ4n) is 1.73. The summed E-state index contributed by atoms with van der Waals surface area (Å²) in [6, 6.07) is 15.7. The Bertz CT molecular complexity index is 694. The van der Waals surface area contributed by atoms with Gasteiger partial charge in [0.2, 0.25) is 5.78 Å². The monoisotopic (exact) mass is 313 g/mol. The summed E-state index contributed by atoms with van der Waals surface area (Å²) in [4.78, 5) is 29.8. The third-order valence-electron chi connectivity index (χ3n) is 2.96. The molecule has 0 fully saturated rings. The van der Waals surface area contributed by atoms with Gasteiger partial charge < -0.3 is 4.84 Å². The standard InChI is InChI=1S/C17H15NO3S/c1-12(16(19)13-8-10-15(22-2)11-9-13)18-21-17(20)14-6-4-3-5-7-14/h3-11H,1-2H3. The molecule has 0 aromatic heterocycles. The molecule has 0 radical (unpaired) electrons. The number of nitrogens with zero attached hydrogens (tertiary/aromatic N) is 1. The molecule has 0 aliphatic carbocycles. The van der Waals surface area contributed by atoms with E-state index in [1.54, 1.807) is 54.2 Å². The third-order valence-corrected chi connectivity index (χ3v) is 3.70. The van der Waals surface area contributed by atoms with Crippen LogP contribution in [0.25, 0.3) is 0 Å². The number of hydrogen-bond acceptors (Lipinski definition) is 5. The summed E-state index contributed by atoms with van der Waals surface area (Å²) in [6.45, 7) is 1.52. The van der Waals surface area contributed by atoms with Crippen LogP contribution in [0.2, 0.25) is 0 Å². The molecule has 0 saturated heterocycles. The molecular weight excluding hydrogens is 298 g/mol. The van der Waals surface area contributed by atoms with Gasteiger partial charge in [0.15, 0.2) is 0 Å². The molecule has 0 aliphatic rings. The Morgan fingerprint density at radius 2 is 1.59 bits per heavy atom. The smallest absolute Gasteiger partial charge is 0.312 e. The summed E-state index contributed by atoms with van der Waals surface area (Å²) in [7, 11) is 0. The lowest BCUT2D eigenvalue weighted by atomic mass is 10.1. The lowest BCUT2D eigenvalue weighted by Crippen LogP contribution is -2.12. The molecule has 0 spiro atoms. The van der Waals surface area contributed by atoms with Crippen LogP contribution in [-0.2, 0) is 4.84 Å². The molecule has 5 heteroatoms. The molecule has 0 atom stereocenters. The van der Waals surface area contributed by atoms with Crippen LogP contribution in [0.1, 0.15) is 27.6 Å². The van der Waals surface area contributed by atoms with E-state index < -0.39 is 5.97 Å². The summed E-state index contributed by atoms with van der Waals surface area (Å²) in [5.74, 6) is -0.862. The summed E-state index contributed by atoms with van der Waals surface area (Å²) in [5, 5.41) is 3.63. The molecule has 0 aliphatic heterocycles. The Labute approximate surface area is 133 Å². The minimum atomic E-state index is -0.592. The average molecular weight is 313 g/mol. The maximum absolute atomic E-state index is 12.2. The third kappa shape index (κ3) is 4.05. The molecule has 0 N–H and O–H groups in total. The molecule has 0 bridgehead atoms. The lowest BCUT2D eigenvalue weighted by molar-refractivity contribution is 0.0515. The summed E-state index contributed by atoms with van der Waals surface area (Å²) >= 11 is 1.60. The van der Waals surface area contributed by atoms with Crippen LogP contribution in [0.5, 0.6) is 0 Å². The Balaban J connectivity index is 2.04. The van der Waals surface area contributed by atoms with E-state index >= 15 is 0 Å². The second kappa shape index (κ2) is 7.56. The van der Waals surface area contributed by atoms with Crippen molar-refractivity contribution >= 4 is 29.2 Å². The minimum Gasteiger partial charge on any atom is -0.312 e. The van der Waals surface area contributed by atoms with Crippen LogP contribution in [0.3, 0.4) is 0 Å². The first kappa shape index (κ1) is 16.0. The highest BCUT2D eigenvalue weighted by molar-refractivity contribution is 7.98. The van der Waals surface area contributed by atoms with Gasteiger partial charge >= 0.3 is 5.97 Å². The Morgan fingerprint density at radius 3 is 2.18 bits per heavy atom. The van der Waals surface area contributed by atoms with Crippen LogP contribution in [0.15, 0.2) is 64.6 Å².